The number of fused-ring (bicyclic) bond motifs is 1. The summed E-state index contributed by atoms with van der Waals surface area (Å²) in [5, 5.41) is 12.2. The third-order valence-electron chi connectivity index (χ3n) is 4.47. The van der Waals surface area contributed by atoms with Crippen LogP contribution in [0.4, 0.5) is 0 Å². The minimum atomic E-state index is 0.361. The normalized spacial score (nSPS) is 15.2. The summed E-state index contributed by atoms with van der Waals surface area (Å²) in [4.78, 5) is 6.80. The number of hydrogen-bond acceptors (Lipinski definition) is 6. The SMILES string of the molecule is N#Cc1nc(-c2cccc3ccccc23)oc1SCCN1CCOCC1. The van der Waals surface area contributed by atoms with Gasteiger partial charge in [0.05, 0.1) is 13.2 Å². The molecule has 132 valence electrons. The Balaban J connectivity index is 1.54. The van der Waals surface area contributed by atoms with Gasteiger partial charge in [-0.15, -0.1) is 0 Å². The lowest BCUT2D eigenvalue weighted by molar-refractivity contribution is 0.0410. The minimum Gasteiger partial charge on any atom is -0.428 e. The highest BCUT2D eigenvalue weighted by Gasteiger charge is 2.17. The molecule has 5 nitrogen and oxygen atoms in total. The molecule has 1 aromatic heterocycles. The number of thioether (sulfide) groups is 1. The van der Waals surface area contributed by atoms with E-state index in [1.165, 1.54) is 0 Å². The predicted octanol–water partition coefficient (Wildman–Crippen LogP) is 3.79. The molecular weight excluding hydrogens is 346 g/mol. The molecule has 0 aliphatic carbocycles. The van der Waals surface area contributed by atoms with Crippen LogP contribution in [0.25, 0.3) is 22.2 Å². The van der Waals surface area contributed by atoms with Crippen molar-refractivity contribution in [3.05, 3.63) is 48.2 Å². The van der Waals surface area contributed by atoms with E-state index >= 15 is 0 Å². The van der Waals surface area contributed by atoms with E-state index in [4.69, 9.17) is 9.15 Å². The van der Waals surface area contributed by atoms with Gasteiger partial charge < -0.3 is 9.15 Å². The van der Waals surface area contributed by atoms with Crippen molar-refractivity contribution >= 4 is 22.5 Å². The van der Waals surface area contributed by atoms with Crippen molar-refractivity contribution in [3.8, 4) is 17.5 Å². The number of aromatic nitrogens is 1. The molecule has 0 amide bonds. The zero-order valence-electron chi connectivity index (χ0n) is 14.4. The second kappa shape index (κ2) is 7.92. The maximum Gasteiger partial charge on any atom is 0.229 e. The van der Waals surface area contributed by atoms with E-state index in [2.05, 4.69) is 28.1 Å². The lowest BCUT2D eigenvalue weighted by Crippen LogP contribution is -2.37. The molecule has 0 bridgehead atoms. The van der Waals surface area contributed by atoms with Crippen LogP contribution < -0.4 is 0 Å². The average molecular weight is 365 g/mol. The molecule has 3 aromatic rings. The van der Waals surface area contributed by atoms with Crippen LogP contribution in [-0.2, 0) is 4.74 Å². The highest BCUT2D eigenvalue weighted by molar-refractivity contribution is 7.99. The Morgan fingerprint density at radius 2 is 1.92 bits per heavy atom. The molecule has 0 radical (unpaired) electrons. The third-order valence-corrected chi connectivity index (χ3v) is 5.39. The van der Waals surface area contributed by atoms with Crippen LogP contribution in [0.2, 0.25) is 0 Å². The van der Waals surface area contributed by atoms with E-state index in [1.807, 2.05) is 30.3 Å². The first-order valence-electron chi connectivity index (χ1n) is 8.67. The number of nitriles is 1. The Morgan fingerprint density at radius 1 is 1.12 bits per heavy atom. The van der Waals surface area contributed by atoms with E-state index < -0.39 is 0 Å². The first-order valence-corrected chi connectivity index (χ1v) is 9.65. The van der Waals surface area contributed by atoms with Crippen LogP contribution >= 0.6 is 11.8 Å². The van der Waals surface area contributed by atoms with Gasteiger partial charge in [0.25, 0.3) is 0 Å². The van der Waals surface area contributed by atoms with Gasteiger partial charge in [-0.1, -0.05) is 48.2 Å². The van der Waals surface area contributed by atoms with Gasteiger partial charge in [0.15, 0.2) is 10.8 Å². The van der Waals surface area contributed by atoms with E-state index in [1.54, 1.807) is 11.8 Å². The van der Waals surface area contributed by atoms with Gasteiger partial charge in [-0.2, -0.15) is 10.2 Å². The molecule has 0 spiro atoms. The fourth-order valence-electron chi connectivity index (χ4n) is 3.09. The molecule has 2 heterocycles. The molecule has 0 N–H and O–H groups in total. The summed E-state index contributed by atoms with van der Waals surface area (Å²) in [5.74, 6) is 1.37. The summed E-state index contributed by atoms with van der Waals surface area (Å²) in [6.45, 7) is 4.46. The van der Waals surface area contributed by atoms with Gasteiger partial charge in [0.1, 0.15) is 6.07 Å². The Morgan fingerprint density at radius 3 is 2.77 bits per heavy atom. The molecule has 6 heteroatoms. The Bertz CT molecular complexity index is 936. The molecule has 1 aliphatic rings. The molecule has 4 rings (SSSR count). The second-order valence-electron chi connectivity index (χ2n) is 6.10. The van der Waals surface area contributed by atoms with Crippen molar-refractivity contribution in [2.24, 2.45) is 0 Å². The highest BCUT2D eigenvalue weighted by atomic mass is 32.2. The molecular formula is C20H19N3O2S. The Kier molecular flexibility index (Phi) is 5.21. The fraction of sp³-hybridized carbons (Fsp3) is 0.300. The molecule has 0 saturated carbocycles. The lowest BCUT2D eigenvalue weighted by Gasteiger charge is -2.26. The van der Waals surface area contributed by atoms with Gasteiger partial charge in [-0.05, 0) is 16.8 Å². The predicted molar refractivity (Wildman–Crippen MR) is 102 cm³/mol. The van der Waals surface area contributed by atoms with Gasteiger partial charge >= 0.3 is 0 Å². The van der Waals surface area contributed by atoms with E-state index in [0.29, 0.717) is 16.7 Å². The first kappa shape index (κ1) is 17.1. The standard InChI is InChI=1S/C20H19N3O2S/c21-14-18-20(26-13-10-23-8-11-24-12-9-23)25-19(22-18)17-7-3-5-15-4-1-2-6-16(15)17/h1-7H,8-13H2. The summed E-state index contributed by atoms with van der Waals surface area (Å²) < 4.78 is 11.3. The molecule has 1 aliphatic heterocycles. The third kappa shape index (κ3) is 3.61. The van der Waals surface area contributed by atoms with Gasteiger partial charge in [-0.3, -0.25) is 4.90 Å². The quantitative estimate of drug-likeness (QED) is 0.641. The van der Waals surface area contributed by atoms with E-state index in [0.717, 1.165) is 54.9 Å². The molecule has 1 saturated heterocycles. The number of oxazole rings is 1. The maximum absolute atomic E-state index is 9.43. The van der Waals surface area contributed by atoms with Crippen LogP contribution in [0.15, 0.2) is 52.0 Å². The van der Waals surface area contributed by atoms with Crippen LogP contribution in [0, 0.1) is 11.3 Å². The zero-order valence-corrected chi connectivity index (χ0v) is 15.2. The summed E-state index contributed by atoms with van der Waals surface area (Å²) in [5.41, 5.74) is 1.28. The van der Waals surface area contributed by atoms with Crippen molar-refractivity contribution in [3.63, 3.8) is 0 Å². The number of hydrogen-bond donors (Lipinski definition) is 0. The molecule has 2 aromatic carbocycles. The largest absolute Gasteiger partial charge is 0.428 e. The molecule has 0 unspecified atom stereocenters. The number of morpholine rings is 1. The molecule has 1 fully saturated rings. The maximum atomic E-state index is 9.43. The summed E-state index contributed by atoms with van der Waals surface area (Å²) in [7, 11) is 0. The first-order chi connectivity index (χ1) is 12.8. The number of benzene rings is 2. The van der Waals surface area contributed by atoms with Gasteiger partial charge in [0.2, 0.25) is 5.89 Å². The molecule has 0 atom stereocenters. The van der Waals surface area contributed by atoms with E-state index in [-0.39, 0.29) is 0 Å². The number of ether oxygens (including phenoxy) is 1. The Hall–Kier alpha value is -2.33. The zero-order chi connectivity index (χ0) is 17.8. The monoisotopic (exact) mass is 365 g/mol. The molecule has 26 heavy (non-hydrogen) atoms. The second-order valence-corrected chi connectivity index (χ2v) is 7.16. The fourth-order valence-corrected chi connectivity index (χ4v) is 3.99. The van der Waals surface area contributed by atoms with Gasteiger partial charge in [0, 0.05) is 31.0 Å². The van der Waals surface area contributed by atoms with Crippen molar-refractivity contribution in [1.82, 2.24) is 9.88 Å². The summed E-state index contributed by atoms with van der Waals surface area (Å²) >= 11 is 1.55. The van der Waals surface area contributed by atoms with Crippen molar-refractivity contribution < 1.29 is 9.15 Å². The topological polar surface area (TPSA) is 62.3 Å². The average Bonchev–Trinajstić information content (AvgIpc) is 3.11. The number of rotatable bonds is 5. The van der Waals surface area contributed by atoms with Gasteiger partial charge in [-0.25, -0.2) is 0 Å². The van der Waals surface area contributed by atoms with Crippen molar-refractivity contribution in [2.45, 2.75) is 5.09 Å². The Labute approximate surface area is 156 Å². The summed E-state index contributed by atoms with van der Waals surface area (Å²) in [6.07, 6.45) is 0. The van der Waals surface area contributed by atoms with E-state index in [9.17, 15) is 5.26 Å². The minimum absolute atomic E-state index is 0.361. The lowest BCUT2D eigenvalue weighted by atomic mass is 10.0. The summed E-state index contributed by atoms with van der Waals surface area (Å²) in [6, 6.07) is 16.3. The smallest absolute Gasteiger partial charge is 0.229 e. The highest BCUT2D eigenvalue weighted by Crippen LogP contribution is 2.32. The van der Waals surface area contributed by atoms with Crippen LogP contribution in [0.5, 0.6) is 0 Å². The van der Waals surface area contributed by atoms with Crippen molar-refractivity contribution in [1.29, 1.82) is 5.26 Å². The van der Waals surface area contributed by atoms with Crippen LogP contribution in [0.3, 0.4) is 0 Å². The van der Waals surface area contributed by atoms with Crippen LogP contribution in [-0.4, -0.2) is 48.5 Å². The van der Waals surface area contributed by atoms with Crippen LogP contribution in [0.1, 0.15) is 5.69 Å². The number of nitrogens with zero attached hydrogens (tertiary/aromatic N) is 3. The van der Waals surface area contributed by atoms with Crippen molar-refractivity contribution in [2.75, 3.05) is 38.6 Å².